The SMILES string of the molecule is CC(C)[C@@H](CO)NC1CCCC1CN. The third kappa shape index (κ3) is 2.94. The predicted molar refractivity (Wildman–Crippen MR) is 59.0 cm³/mol. The zero-order chi connectivity index (χ0) is 10.6. The largest absolute Gasteiger partial charge is 0.395 e. The van der Waals surface area contributed by atoms with Crippen LogP contribution in [-0.4, -0.2) is 30.3 Å². The van der Waals surface area contributed by atoms with E-state index in [9.17, 15) is 5.11 Å². The van der Waals surface area contributed by atoms with Crippen molar-refractivity contribution in [2.75, 3.05) is 13.2 Å². The second-order valence-electron chi connectivity index (χ2n) is 4.73. The topological polar surface area (TPSA) is 58.3 Å². The Morgan fingerprint density at radius 3 is 2.64 bits per heavy atom. The van der Waals surface area contributed by atoms with E-state index in [-0.39, 0.29) is 12.6 Å². The van der Waals surface area contributed by atoms with Gasteiger partial charge in [-0.2, -0.15) is 0 Å². The van der Waals surface area contributed by atoms with Crippen molar-refractivity contribution in [2.45, 2.75) is 45.2 Å². The molecule has 0 aromatic heterocycles. The molecule has 0 bridgehead atoms. The van der Waals surface area contributed by atoms with Gasteiger partial charge in [-0.05, 0) is 31.2 Å². The summed E-state index contributed by atoms with van der Waals surface area (Å²) in [6.07, 6.45) is 3.73. The normalized spacial score (nSPS) is 29.8. The molecule has 0 aromatic carbocycles. The van der Waals surface area contributed by atoms with Crippen molar-refractivity contribution in [1.82, 2.24) is 5.32 Å². The summed E-state index contributed by atoms with van der Waals surface area (Å²) in [4.78, 5) is 0. The number of hydrogen-bond acceptors (Lipinski definition) is 3. The van der Waals surface area contributed by atoms with E-state index in [0.29, 0.717) is 17.9 Å². The van der Waals surface area contributed by atoms with Crippen LogP contribution < -0.4 is 11.1 Å². The van der Waals surface area contributed by atoms with Gasteiger partial charge in [-0.15, -0.1) is 0 Å². The van der Waals surface area contributed by atoms with Gasteiger partial charge < -0.3 is 16.2 Å². The highest BCUT2D eigenvalue weighted by Crippen LogP contribution is 2.25. The van der Waals surface area contributed by atoms with E-state index in [2.05, 4.69) is 19.2 Å². The summed E-state index contributed by atoms with van der Waals surface area (Å²) in [5, 5.41) is 12.8. The van der Waals surface area contributed by atoms with Gasteiger partial charge in [-0.3, -0.25) is 0 Å². The molecular weight excluding hydrogens is 176 g/mol. The van der Waals surface area contributed by atoms with E-state index < -0.39 is 0 Å². The summed E-state index contributed by atoms with van der Waals surface area (Å²) in [7, 11) is 0. The van der Waals surface area contributed by atoms with Crippen LogP contribution >= 0.6 is 0 Å². The molecular formula is C11H24N2O. The molecule has 2 unspecified atom stereocenters. The standard InChI is InChI=1S/C11H24N2O/c1-8(2)11(7-14)13-10-5-3-4-9(10)6-12/h8-11,13-14H,3-7,12H2,1-2H3/t9?,10?,11-/m1/s1. The minimum Gasteiger partial charge on any atom is -0.395 e. The van der Waals surface area contributed by atoms with Gasteiger partial charge >= 0.3 is 0 Å². The Morgan fingerprint density at radius 2 is 2.14 bits per heavy atom. The first-order chi connectivity index (χ1) is 6.69. The fraction of sp³-hybridized carbons (Fsp3) is 1.00. The molecule has 0 aliphatic heterocycles. The average Bonchev–Trinajstić information content (AvgIpc) is 2.60. The third-order valence-corrected chi connectivity index (χ3v) is 3.39. The second-order valence-corrected chi connectivity index (χ2v) is 4.73. The highest BCUT2D eigenvalue weighted by Gasteiger charge is 2.28. The fourth-order valence-corrected chi connectivity index (χ4v) is 2.27. The lowest BCUT2D eigenvalue weighted by molar-refractivity contribution is 0.190. The molecule has 0 saturated heterocycles. The summed E-state index contributed by atoms with van der Waals surface area (Å²) in [6, 6.07) is 0.756. The van der Waals surface area contributed by atoms with Crippen LogP contribution in [-0.2, 0) is 0 Å². The van der Waals surface area contributed by atoms with E-state index in [4.69, 9.17) is 5.73 Å². The molecule has 3 nitrogen and oxygen atoms in total. The first-order valence-electron chi connectivity index (χ1n) is 5.76. The van der Waals surface area contributed by atoms with Crippen LogP contribution in [0.5, 0.6) is 0 Å². The molecule has 3 atom stereocenters. The number of hydrogen-bond donors (Lipinski definition) is 3. The molecule has 84 valence electrons. The monoisotopic (exact) mass is 200 g/mol. The van der Waals surface area contributed by atoms with Gasteiger partial charge in [0.25, 0.3) is 0 Å². The predicted octanol–water partition coefficient (Wildman–Crippen LogP) is 0.720. The van der Waals surface area contributed by atoms with Crippen molar-refractivity contribution in [3.63, 3.8) is 0 Å². The Kier molecular flexibility index (Phi) is 4.85. The molecule has 0 radical (unpaired) electrons. The zero-order valence-corrected chi connectivity index (χ0v) is 9.37. The van der Waals surface area contributed by atoms with Gasteiger partial charge in [0.1, 0.15) is 0 Å². The first-order valence-corrected chi connectivity index (χ1v) is 5.76. The maximum Gasteiger partial charge on any atom is 0.0587 e. The van der Waals surface area contributed by atoms with Crippen LogP contribution in [0.25, 0.3) is 0 Å². The quantitative estimate of drug-likeness (QED) is 0.613. The molecule has 3 heteroatoms. The highest BCUT2D eigenvalue weighted by molar-refractivity contribution is 4.86. The van der Waals surface area contributed by atoms with Crippen molar-refractivity contribution in [2.24, 2.45) is 17.6 Å². The van der Waals surface area contributed by atoms with Crippen LogP contribution in [0, 0.1) is 11.8 Å². The number of aliphatic hydroxyl groups excluding tert-OH is 1. The minimum atomic E-state index is 0.228. The molecule has 1 aliphatic rings. The Balaban J connectivity index is 2.41. The molecule has 1 saturated carbocycles. The summed E-state index contributed by atoms with van der Waals surface area (Å²) >= 11 is 0. The van der Waals surface area contributed by atoms with E-state index >= 15 is 0 Å². The summed E-state index contributed by atoms with van der Waals surface area (Å²) in [5.74, 6) is 1.10. The smallest absolute Gasteiger partial charge is 0.0587 e. The van der Waals surface area contributed by atoms with Crippen molar-refractivity contribution in [1.29, 1.82) is 0 Å². The van der Waals surface area contributed by atoms with E-state index in [0.717, 1.165) is 6.54 Å². The van der Waals surface area contributed by atoms with Crippen molar-refractivity contribution < 1.29 is 5.11 Å². The molecule has 0 aromatic rings. The van der Waals surface area contributed by atoms with Crippen molar-refractivity contribution >= 4 is 0 Å². The second kappa shape index (κ2) is 5.69. The number of nitrogens with two attached hydrogens (primary N) is 1. The fourth-order valence-electron chi connectivity index (χ4n) is 2.27. The lowest BCUT2D eigenvalue weighted by atomic mass is 9.99. The Bertz CT molecular complexity index is 161. The van der Waals surface area contributed by atoms with Crippen LogP contribution in [0.4, 0.5) is 0 Å². The van der Waals surface area contributed by atoms with Crippen LogP contribution in [0.2, 0.25) is 0 Å². The number of rotatable bonds is 5. The van der Waals surface area contributed by atoms with Crippen LogP contribution in [0.3, 0.4) is 0 Å². The minimum absolute atomic E-state index is 0.228. The van der Waals surface area contributed by atoms with Gasteiger partial charge in [-0.1, -0.05) is 20.3 Å². The summed E-state index contributed by atoms with van der Waals surface area (Å²) in [5.41, 5.74) is 5.71. The molecule has 1 aliphatic carbocycles. The molecule has 0 heterocycles. The lowest BCUT2D eigenvalue weighted by Gasteiger charge is -2.27. The van der Waals surface area contributed by atoms with Gasteiger partial charge in [-0.25, -0.2) is 0 Å². The summed E-state index contributed by atoms with van der Waals surface area (Å²) < 4.78 is 0. The van der Waals surface area contributed by atoms with Crippen molar-refractivity contribution in [3.05, 3.63) is 0 Å². The highest BCUT2D eigenvalue weighted by atomic mass is 16.3. The maximum absolute atomic E-state index is 9.22. The van der Waals surface area contributed by atoms with Crippen LogP contribution in [0.15, 0.2) is 0 Å². The molecule has 0 spiro atoms. The Morgan fingerprint density at radius 1 is 1.43 bits per heavy atom. The first kappa shape index (κ1) is 12.0. The van der Waals surface area contributed by atoms with E-state index in [1.165, 1.54) is 19.3 Å². The van der Waals surface area contributed by atoms with E-state index in [1.54, 1.807) is 0 Å². The number of nitrogens with one attached hydrogen (secondary N) is 1. The number of aliphatic hydroxyl groups is 1. The molecule has 14 heavy (non-hydrogen) atoms. The van der Waals surface area contributed by atoms with Crippen molar-refractivity contribution in [3.8, 4) is 0 Å². The molecule has 1 fully saturated rings. The maximum atomic E-state index is 9.22. The Hall–Kier alpha value is -0.120. The zero-order valence-electron chi connectivity index (χ0n) is 9.37. The van der Waals surface area contributed by atoms with Gasteiger partial charge in [0.15, 0.2) is 0 Å². The summed E-state index contributed by atoms with van der Waals surface area (Å²) in [6.45, 7) is 5.28. The van der Waals surface area contributed by atoms with Gasteiger partial charge in [0, 0.05) is 12.1 Å². The molecule has 4 N–H and O–H groups in total. The molecule has 1 rings (SSSR count). The third-order valence-electron chi connectivity index (χ3n) is 3.39. The van der Waals surface area contributed by atoms with Gasteiger partial charge in [0.05, 0.1) is 6.61 Å². The average molecular weight is 200 g/mol. The van der Waals surface area contributed by atoms with E-state index in [1.807, 2.05) is 0 Å². The van der Waals surface area contributed by atoms with Gasteiger partial charge in [0.2, 0.25) is 0 Å². The van der Waals surface area contributed by atoms with Crippen LogP contribution in [0.1, 0.15) is 33.1 Å². The Labute approximate surface area is 87.1 Å². The molecule has 0 amide bonds. The lowest BCUT2D eigenvalue weighted by Crippen LogP contribution is -2.46.